The number of carbonyl (C=O) groups excluding carboxylic acids is 2. The molecule has 0 spiro atoms. The Morgan fingerprint density at radius 2 is 1.83 bits per heavy atom. The Morgan fingerprint density at radius 1 is 1.07 bits per heavy atom. The van der Waals surface area contributed by atoms with Gasteiger partial charge in [0.05, 0.1) is 37.0 Å². The van der Waals surface area contributed by atoms with Crippen LogP contribution in [0, 0.1) is 0 Å². The Balaban J connectivity index is 1.76. The summed E-state index contributed by atoms with van der Waals surface area (Å²) in [6.45, 7) is 1.84. The number of ether oxygens (including phenoxy) is 4. The molecule has 7 heteroatoms. The number of benzene rings is 2. The van der Waals surface area contributed by atoms with E-state index < -0.39 is 17.4 Å². The van der Waals surface area contributed by atoms with Gasteiger partial charge in [0.1, 0.15) is 23.0 Å². The largest absolute Gasteiger partial charge is 0.507 e. The van der Waals surface area contributed by atoms with E-state index in [0.29, 0.717) is 29.9 Å². The summed E-state index contributed by atoms with van der Waals surface area (Å²) in [4.78, 5) is 26.7. The van der Waals surface area contributed by atoms with Crippen LogP contribution in [-0.4, -0.2) is 36.7 Å². The van der Waals surface area contributed by atoms with Crippen molar-refractivity contribution in [3.63, 3.8) is 0 Å². The van der Waals surface area contributed by atoms with E-state index >= 15 is 0 Å². The summed E-state index contributed by atoms with van der Waals surface area (Å²) in [7, 11) is 2.89. The fraction of sp³-hybridized carbons (Fsp3) is 0.364. The molecule has 1 N–H and O–H groups in total. The molecule has 3 aliphatic rings. The summed E-state index contributed by atoms with van der Waals surface area (Å²) in [5, 5.41) is 11.1. The van der Waals surface area contributed by atoms with Crippen molar-refractivity contribution in [3.8, 4) is 23.0 Å². The Hall–Kier alpha value is -3.06. The van der Waals surface area contributed by atoms with E-state index in [-0.39, 0.29) is 39.9 Å². The van der Waals surface area contributed by atoms with Crippen LogP contribution < -0.4 is 14.2 Å². The highest BCUT2D eigenvalue weighted by Crippen LogP contribution is 2.53. The van der Waals surface area contributed by atoms with Crippen LogP contribution in [0.2, 0.25) is 0 Å². The third kappa shape index (κ3) is 2.40. The molecule has 2 aromatic rings. The van der Waals surface area contributed by atoms with Gasteiger partial charge in [0.25, 0.3) is 0 Å². The Kier molecular flexibility index (Phi) is 3.70. The maximum Gasteiger partial charge on any atom is 0.208 e. The molecular weight excluding hydrogens is 376 g/mol. The summed E-state index contributed by atoms with van der Waals surface area (Å²) >= 11 is 0. The molecule has 5 rings (SSSR count). The highest BCUT2D eigenvalue weighted by molar-refractivity contribution is 6.30. The van der Waals surface area contributed by atoms with Gasteiger partial charge in [-0.15, -0.1) is 0 Å². The van der Waals surface area contributed by atoms with E-state index in [0.717, 1.165) is 6.42 Å². The van der Waals surface area contributed by atoms with E-state index in [1.165, 1.54) is 20.3 Å². The third-order valence-electron chi connectivity index (χ3n) is 5.91. The summed E-state index contributed by atoms with van der Waals surface area (Å²) in [6, 6.07) is 4.61. The van der Waals surface area contributed by atoms with Gasteiger partial charge >= 0.3 is 0 Å². The third-order valence-corrected chi connectivity index (χ3v) is 5.91. The highest BCUT2D eigenvalue weighted by Gasteiger charge is 2.46. The molecule has 1 aliphatic carbocycles. The van der Waals surface area contributed by atoms with E-state index in [2.05, 4.69) is 0 Å². The standard InChI is InChI=1S/C22H20O7/c1-22-6-4-5-13(28-22)18-15(29-22)9-12-17(21(18)25)20(24)16-11(19(12)23)7-10(26-2)8-14(16)27-3/h7-9,13,25H,4-6H2,1-3H3. The number of rotatable bonds is 2. The molecular formula is C22H20O7. The van der Waals surface area contributed by atoms with E-state index in [1.807, 2.05) is 6.92 Å². The minimum atomic E-state index is -0.803. The van der Waals surface area contributed by atoms with Crippen molar-refractivity contribution in [2.24, 2.45) is 0 Å². The van der Waals surface area contributed by atoms with Crippen LogP contribution in [0.25, 0.3) is 0 Å². The van der Waals surface area contributed by atoms with Crippen LogP contribution in [0.1, 0.15) is 69.7 Å². The van der Waals surface area contributed by atoms with Crippen LogP contribution in [0.15, 0.2) is 18.2 Å². The molecule has 2 aliphatic heterocycles. The molecule has 2 aromatic carbocycles. The summed E-state index contributed by atoms with van der Waals surface area (Å²) in [5.41, 5.74) is 0.797. The summed E-state index contributed by atoms with van der Waals surface area (Å²) < 4.78 is 22.6. The molecule has 2 heterocycles. The average molecular weight is 396 g/mol. The lowest BCUT2D eigenvalue weighted by Crippen LogP contribution is -2.44. The van der Waals surface area contributed by atoms with Crippen molar-refractivity contribution in [1.82, 2.24) is 0 Å². The lowest BCUT2D eigenvalue weighted by Gasteiger charge is -2.44. The zero-order valence-electron chi connectivity index (χ0n) is 16.3. The Labute approximate surface area is 167 Å². The first-order chi connectivity index (χ1) is 13.9. The highest BCUT2D eigenvalue weighted by atomic mass is 16.7. The molecule has 0 saturated carbocycles. The number of phenolic OH excluding ortho intramolecular Hbond substituents is 1. The molecule has 0 aromatic heterocycles. The second kappa shape index (κ2) is 5.97. The molecule has 29 heavy (non-hydrogen) atoms. The maximum absolute atomic E-state index is 13.4. The zero-order chi connectivity index (χ0) is 20.5. The van der Waals surface area contributed by atoms with Crippen molar-refractivity contribution in [2.75, 3.05) is 14.2 Å². The van der Waals surface area contributed by atoms with Crippen LogP contribution in [0.3, 0.4) is 0 Å². The fourth-order valence-corrected chi connectivity index (χ4v) is 4.56. The predicted molar refractivity (Wildman–Crippen MR) is 101 cm³/mol. The molecule has 0 radical (unpaired) electrons. The quantitative estimate of drug-likeness (QED) is 0.708. The van der Waals surface area contributed by atoms with Crippen molar-refractivity contribution in [1.29, 1.82) is 0 Å². The normalized spacial score (nSPS) is 24.2. The SMILES string of the molecule is COc1cc(OC)c2c(c1)C(=O)c1cc3c(c(O)c1C2=O)C1CCCC(C)(O3)O1. The molecule has 1 saturated heterocycles. The number of ketones is 2. The molecule has 1 fully saturated rings. The van der Waals surface area contributed by atoms with Gasteiger partial charge in [-0.3, -0.25) is 9.59 Å². The molecule has 2 bridgehead atoms. The number of fused-ring (bicyclic) bond motifs is 6. The fourth-order valence-electron chi connectivity index (χ4n) is 4.56. The van der Waals surface area contributed by atoms with E-state index in [4.69, 9.17) is 18.9 Å². The molecule has 2 atom stereocenters. The average Bonchev–Trinajstić information content (AvgIpc) is 2.69. The summed E-state index contributed by atoms with van der Waals surface area (Å²) in [6.07, 6.45) is 1.91. The van der Waals surface area contributed by atoms with Gasteiger partial charge in [-0.1, -0.05) is 0 Å². The number of carbonyl (C=O) groups is 2. The van der Waals surface area contributed by atoms with Gasteiger partial charge in [0.2, 0.25) is 11.6 Å². The van der Waals surface area contributed by atoms with Crippen LogP contribution >= 0.6 is 0 Å². The Morgan fingerprint density at radius 3 is 2.55 bits per heavy atom. The molecule has 150 valence electrons. The van der Waals surface area contributed by atoms with Crippen molar-refractivity contribution >= 4 is 11.6 Å². The van der Waals surface area contributed by atoms with Gasteiger partial charge < -0.3 is 24.1 Å². The molecule has 7 nitrogen and oxygen atoms in total. The smallest absolute Gasteiger partial charge is 0.208 e. The first-order valence-corrected chi connectivity index (χ1v) is 9.49. The first kappa shape index (κ1) is 18.0. The first-order valence-electron chi connectivity index (χ1n) is 9.49. The van der Waals surface area contributed by atoms with Gasteiger partial charge in [-0.05, 0) is 25.0 Å². The van der Waals surface area contributed by atoms with Crippen molar-refractivity contribution < 1.29 is 33.6 Å². The maximum atomic E-state index is 13.4. The topological polar surface area (TPSA) is 91.3 Å². The minimum Gasteiger partial charge on any atom is -0.507 e. The molecule has 2 unspecified atom stereocenters. The molecule has 0 amide bonds. The minimum absolute atomic E-state index is 0.0360. The van der Waals surface area contributed by atoms with Crippen LogP contribution in [-0.2, 0) is 4.74 Å². The lowest BCUT2D eigenvalue weighted by atomic mass is 9.80. The van der Waals surface area contributed by atoms with Crippen molar-refractivity contribution in [3.05, 3.63) is 46.0 Å². The lowest BCUT2D eigenvalue weighted by molar-refractivity contribution is -0.243. The number of hydrogen-bond acceptors (Lipinski definition) is 7. The number of hydrogen-bond donors (Lipinski definition) is 1. The zero-order valence-corrected chi connectivity index (χ0v) is 16.3. The predicted octanol–water partition coefficient (Wildman–Crippen LogP) is 3.54. The van der Waals surface area contributed by atoms with E-state index in [1.54, 1.807) is 12.1 Å². The summed E-state index contributed by atoms with van der Waals surface area (Å²) in [5.74, 6) is -0.915. The van der Waals surface area contributed by atoms with Crippen LogP contribution in [0.4, 0.5) is 0 Å². The Bertz CT molecular complexity index is 1090. The number of aromatic hydroxyl groups is 1. The van der Waals surface area contributed by atoms with Crippen molar-refractivity contribution in [2.45, 2.75) is 38.1 Å². The second-order valence-electron chi connectivity index (χ2n) is 7.70. The monoisotopic (exact) mass is 396 g/mol. The van der Waals surface area contributed by atoms with Gasteiger partial charge in [0, 0.05) is 30.5 Å². The number of phenols is 1. The van der Waals surface area contributed by atoms with Crippen LogP contribution in [0.5, 0.6) is 23.0 Å². The van der Waals surface area contributed by atoms with E-state index in [9.17, 15) is 14.7 Å². The van der Waals surface area contributed by atoms with Gasteiger partial charge in [-0.25, -0.2) is 0 Å². The van der Waals surface area contributed by atoms with Gasteiger partial charge in [0.15, 0.2) is 5.78 Å². The van der Waals surface area contributed by atoms with Gasteiger partial charge in [-0.2, -0.15) is 0 Å². The second-order valence-corrected chi connectivity index (χ2v) is 7.70. The number of methoxy groups -OCH3 is 2.